The Morgan fingerprint density at radius 3 is 2.57 bits per heavy atom. The minimum Gasteiger partial charge on any atom is -0.386 e. The van der Waals surface area contributed by atoms with Crippen molar-refractivity contribution in [1.82, 2.24) is 0 Å². The highest BCUT2D eigenvalue weighted by molar-refractivity contribution is 5.58. The summed E-state index contributed by atoms with van der Waals surface area (Å²) in [6.45, 7) is 3.39. The van der Waals surface area contributed by atoms with Crippen LogP contribution in [-0.4, -0.2) is 10.7 Å². The summed E-state index contributed by atoms with van der Waals surface area (Å²) in [6.07, 6.45) is 3.43. The third-order valence-corrected chi connectivity index (χ3v) is 1.75. The van der Waals surface area contributed by atoms with Crippen molar-refractivity contribution in [3.05, 3.63) is 41.5 Å². The Morgan fingerprint density at radius 2 is 2.00 bits per heavy atom. The van der Waals surface area contributed by atoms with Gasteiger partial charge in [-0.3, -0.25) is 0 Å². The second kappa shape index (κ2) is 4.08. The standard InChI is InChI=1S/C12H13NO/c1-12(2,14)8-7-10-5-3-4-6-11(10)9-13/h3-8,14H,1-2H3/b8-7+. The van der Waals surface area contributed by atoms with Gasteiger partial charge in [-0.25, -0.2) is 0 Å². The zero-order valence-electron chi connectivity index (χ0n) is 8.36. The molecule has 1 aromatic carbocycles. The van der Waals surface area contributed by atoms with Crippen molar-refractivity contribution in [3.63, 3.8) is 0 Å². The lowest BCUT2D eigenvalue weighted by Gasteiger charge is -2.10. The molecule has 14 heavy (non-hydrogen) atoms. The maximum absolute atomic E-state index is 9.47. The molecule has 0 atom stereocenters. The highest BCUT2D eigenvalue weighted by Crippen LogP contribution is 2.12. The number of rotatable bonds is 2. The van der Waals surface area contributed by atoms with Crippen LogP contribution in [0.15, 0.2) is 30.3 Å². The molecule has 0 aliphatic heterocycles. The lowest BCUT2D eigenvalue weighted by atomic mass is 10.0. The van der Waals surface area contributed by atoms with Crippen LogP contribution in [-0.2, 0) is 0 Å². The summed E-state index contributed by atoms with van der Waals surface area (Å²) in [7, 11) is 0. The number of nitrogens with zero attached hydrogens (tertiary/aromatic N) is 1. The molecule has 1 N–H and O–H groups in total. The molecule has 0 aliphatic carbocycles. The van der Waals surface area contributed by atoms with Gasteiger partial charge in [0.05, 0.1) is 17.2 Å². The molecule has 0 aliphatic rings. The normalized spacial score (nSPS) is 11.6. The largest absolute Gasteiger partial charge is 0.386 e. The Kier molecular flexibility index (Phi) is 3.06. The summed E-state index contributed by atoms with van der Waals surface area (Å²) in [4.78, 5) is 0. The van der Waals surface area contributed by atoms with Crippen LogP contribution in [0, 0.1) is 11.3 Å². The number of benzene rings is 1. The van der Waals surface area contributed by atoms with Gasteiger partial charge in [-0.15, -0.1) is 0 Å². The maximum Gasteiger partial charge on any atom is 0.0997 e. The molecular formula is C12H13NO. The van der Waals surface area contributed by atoms with Crippen LogP contribution in [0.2, 0.25) is 0 Å². The second-order valence-corrected chi connectivity index (χ2v) is 3.69. The van der Waals surface area contributed by atoms with Crippen LogP contribution >= 0.6 is 0 Å². The molecule has 0 unspecified atom stereocenters. The van der Waals surface area contributed by atoms with Crippen LogP contribution in [0.4, 0.5) is 0 Å². The Morgan fingerprint density at radius 1 is 1.36 bits per heavy atom. The van der Waals surface area contributed by atoms with Crippen LogP contribution in [0.5, 0.6) is 0 Å². The Hall–Kier alpha value is -1.59. The van der Waals surface area contributed by atoms with Gasteiger partial charge in [-0.05, 0) is 25.5 Å². The summed E-state index contributed by atoms with van der Waals surface area (Å²) in [5, 5.41) is 18.3. The molecule has 0 saturated heterocycles. The molecule has 1 aromatic rings. The van der Waals surface area contributed by atoms with Crippen LogP contribution in [0.3, 0.4) is 0 Å². The first kappa shape index (κ1) is 10.5. The first-order valence-corrected chi connectivity index (χ1v) is 4.44. The zero-order valence-corrected chi connectivity index (χ0v) is 8.36. The maximum atomic E-state index is 9.47. The summed E-state index contributed by atoms with van der Waals surface area (Å²) in [5.41, 5.74) is 0.605. The van der Waals surface area contributed by atoms with E-state index in [1.807, 2.05) is 18.2 Å². The van der Waals surface area contributed by atoms with E-state index < -0.39 is 5.60 Å². The molecule has 0 saturated carbocycles. The molecule has 0 bridgehead atoms. The molecule has 0 spiro atoms. The predicted octanol–water partition coefficient (Wildman–Crippen LogP) is 2.34. The topological polar surface area (TPSA) is 44.0 Å². The molecule has 0 radical (unpaired) electrons. The average Bonchev–Trinajstić information content (AvgIpc) is 2.14. The molecule has 0 aromatic heterocycles. The number of nitriles is 1. The van der Waals surface area contributed by atoms with E-state index in [1.54, 1.807) is 32.1 Å². The van der Waals surface area contributed by atoms with Crippen molar-refractivity contribution in [1.29, 1.82) is 5.26 Å². The van der Waals surface area contributed by atoms with Crippen molar-refractivity contribution in [2.24, 2.45) is 0 Å². The summed E-state index contributed by atoms with van der Waals surface area (Å²) in [5.74, 6) is 0. The second-order valence-electron chi connectivity index (χ2n) is 3.69. The molecular weight excluding hydrogens is 174 g/mol. The van der Waals surface area contributed by atoms with E-state index >= 15 is 0 Å². The lowest BCUT2D eigenvalue weighted by Crippen LogP contribution is -2.13. The highest BCUT2D eigenvalue weighted by atomic mass is 16.3. The van der Waals surface area contributed by atoms with E-state index in [1.165, 1.54) is 0 Å². The fraction of sp³-hybridized carbons (Fsp3) is 0.250. The summed E-state index contributed by atoms with van der Waals surface area (Å²) in [6, 6.07) is 9.39. The fourth-order valence-electron chi connectivity index (χ4n) is 1.04. The van der Waals surface area contributed by atoms with Crippen molar-refractivity contribution >= 4 is 6.08 Å². The van der Waals surface area contributed by atoms with Gasteiger partial charge in [0.25, 0.3) is 0 Å². The van der Waals surface area contributed by atoms with Gasteiger partial charge in [0.2, 0.25) is 0 Å². The quantitative estimate of drug-likeness (QED) is 0.772. The monoisotopic (exact) mass is 187 g/mol. The van der Waals surface area contributed by atoms with E-state index in [2.05, 4.69) is 6.07 Å². The molecule has 1 rings (SSSR count). The Bertz CT molecular complexity index is 380. The van der Waals surface area contributed by atoms with Gasteiger partial charge in [-0.1, -0.05) is 30.4 Å². The lowest BCUT2D eigenvalue weighted by molar-refractivity contribution is 0.134. The molecule has 2 nitrogen and oxygen atoms in total. The van der Waals surface area contributed by atoms with E-state index in [-0.39, 0.29) is 0 Å². The highest BCUT2D eigenvalue weighted by Gasteiger charge is 2.06. The summed E-state index contributed by atoms with van der Waals surface area (Å²) < 4.78 is 0. The van der Waals surface area contributed by atoms with Crippen molar-refractivity contribution < 1.29 is 5.11 Å². The molecule has 72 valence electrons. The predicted molar refractivity (Wildman–Crippen MR) is 56.5 cm³/mol. The van der Waals surface area contributed by atoms with Gasteiger partial charge in [0.1, 0.15) is 0 Å². The van der Waals surface area contributed by atoms with E-state index in [0.29, 0.717) is 5.56 Å². The zero-order chi connectivity index (χ0) is 10.6. The molecule has 0 amide bonds. The van der Waals surface area contributed by atoms with E-state index in [0.717, 1.165) is 5.56 Å². The van der Waals surface area contributed by atoms with Gasteiger partial charge in [-0.2, -0.15) is 5.26 Å². The molecule has 0 heterocycles. The third kappa shape index (κ3) is 3.04. The van der Waals surface area contributed by atoms with Gasteiger partial charge >= 0.3 is 0 Å². The number of aliphatic hydroxyl groups is 1. The van der Waals surface area contributed by atoms with Crippen LogP contribution < -0.4 is 0 Å². The van der Waals surface area contributed by atoms with Gasteiger partial charge < -0.3 is 5.11 Å². The number of hydrogen-bond donors (Lipinski definition) is 1. The van der Waals surface area contributed by atoms with Crippen LogP contribution in [0.1, 0.15) is 25.0 Å². The molecule has 0 fully saturated rings. The average molecular weight is 187 g/mol. The van der Waals surface area contributed by atoms with Gasteiger partial charge in [0.15, 0.2) is 0 Å². The minimum atomic E-state index is -0.845. The van der Waals surface area contributed by atoms with Crippen LogP contribution in [0.25, 0.3) is 6.08 Å². The minimum absolute atomic E-state index is 0.619. The first-order valence-electron chi connectivity index (χ1n) is 4.44. The van der Waals surface area contributed by atoms with E-state index in [4.69, 9.17) is 5.26 Å². The SMILES string of the molecule is CC(C)(O)/C=C/c1ccccc1C#N. The third-order valence-electron chi connectivity index (χ3n) is 1.75. The van der Waals surface area contributed by atoms with E-state index in [9.17, 15) is 5.11 Å². The van der Waals surface area contributed by atoms with Crippen molar-refractivity contribution in [3.8, 4) is 6.07 Å². The Balaban J connectivity index is 2.99. The fourth-order valence-corrected chi connectivity index (χ4v) is 1.04. The summed E-state index contributed by atoms with van der Waals surface area (Å²) >= 11 is 0. The Labute approximate surface area is 84.1 Å². The van der Waals surface area contributed by atoms with Gasteiger partial charge in [0, 0.05) is 0 Å². The smallest absolute Gasteiger partial charge is 0.0997 e. The van der Waals surface area contributed by atoms with Crippen molar-refractivity contribution in [2.75, 3.05) is 0 Å². The van der Waals surface area contributed by atoms with Crippen molar-refractivity contribution in [2.45, 2.75) is 19.4 Å². The molecule has 2 heteroatoms. The first-order chi connectivity index (χ1) is 6.53. The number of hydrogen-bond acceptors (Lipinski definition) is 2.